The molecule has 6 atom stereocenters. The summed E-state index contributed by atoms with van der Waals surface area (Å²) >= 11 is 12.3. The van der Waals surface area contributed by atoms with E-state index in [1.807, 2.05) is 72.4 Å². The summed E-state index contributed by atoms with van der Waals surface area (Å²) in [5.41, 5.74) is 4.49. The van der Waals surface area contributed by atoms with Gasteiger partial charge in [0.2, 0.25) is 11.8 Å². The SMILES string of the molecule is Cc1ccc([C@@H]2[C@@H]3C(=O)N(c4ccc(Cl)cc4)C(=O)[C@@H]3N3[C@H](c4ccc(C)cc4)[C@H]4C(=O)N(c5ccc(Cl)cc5)C(=O)[C@H]4N23)cc1. The van der Waals surface area contributed by atoms with Gasteiger partial charge in [0.25, 0.3) is 11.8 Å². The highest BCUT2D eigenvalue weighted by Gasteiger charge is 2.73. The molecule has 4 aromatic rings. The lowest BCUT2D eigenvalue weighted by atomic mass is 9.84. The second-order valence-electron chi connectivity index (χ2n) is 12.4. The topological polar surface area (TPSA) is 81.2 Å². The Labute approximate surface area is 275 Å². The molecule has 0 N–H and O–H groups in total. The van der Waals surface area contributed by atoms with Gasteiger partial charge in [-0.1, -0.05) is 82.9 Å². The highest BCUT2D eigenvalue weighted by Crippen LogP contribution is 2.59. The van der Waals surface area contributed by atoms with E-state index < -0.39 is 47.8 Å². The molecule has 0 saturated carbocycles. The van der Waals surface area contributed by atoms with Crippen molar-refractivity contribution in [2.75, 3.05) is 9.80 Å². The number of benzene rings is 4. The molecule has 4 aliphatic rings. The Balaban J connectivity index is 1.32. The molecule has 8 nitrogen and oxygen atoms in total. The highest BCUT2D eigenvalue weighted by atomic mass is 35.5. The summed E-state index contributed by atoms with van der Waals surface area (Å²) < 4.78 is 0. The standard InChI is InChI=1S/C36H28Cl2N4O4/c1-19-3-7-21(8-4-19)29-27-31(35(45)39(33(27)43)25-15-11-23(37)12-16-25)42-30(22-9-5-20(2)6-10-22)28-32(41(29)42)36(46)40(34(28)44)26-17-13-24(38)14-18-26/h3-18,27-32H,1-2H3/t27-,28+,29-,30-,31+,32-/m1/s1. The number of nitrogens with zero attached hydrogens (tertiary/aromatic N) is 4. The molecule has 4 aromatic carbocycles. The van der Waals surface area contributed by atoms with Crippen LogP contribution in [0.2, 0.25) is 10.0 Å². The molecule has 4 saturated heterocycles. The zero-order valence-electron chi connectivity index (χ0n) is 24.9. The fraction of sp³-hybridized carbons (Fsp3) is 0.222. The van der Waals surface area contributed by atoms with Crippen molar-refractivity contribution in [3.8, 4) is 0 Å². The van der Waals surface area contributed by atoms with Crippen LogP contribution in [-0.2, 0) is 19.2 Å². The van der Waals surface area contributed by atoms with Crippen LogP contribution in [0.5, 0.6) is 0 Å². The quantitative estimate of drug-likeness (QED) is 0.250. The third-order valence-corrected chi connectivity index (χ3v) is 10.2. The number of hydrazine groups is 1. The molecule has 4 amide bonds. The molecule has 0 aliphatic carbocycles. The van der Waals surface area contributed by atoms with Gasteiger partial charge in [-0.05, 0) is 73.5 Å². The van der Waals surface area contributed by atoms with Gasteiger partial charge in [0.05, 0.1) is 35.3 Å². The zero-order valence-corrected chi connectivity index (χ0v) is 26.4. The van der Waals surface area contributed by atoms with Crippen LogP contribution in [-0.4, -0.2) is 45.7 Å². The summed E-state index contributed by atoms with van der Waals surface area (Å²) in [6.07, 6.45) is 0. The third-order valence-electron chi connectivity index (χ3n) is 9.73. The normalized spacial score (nSPS) is 27.5. The Morgan fingerprint density at radius 3 is 1.09 bits per heavy atom. The van der Waals surface area contributed by atoms with Gasteiger partial charge >= 0.3 is 0 Å². The van der Waals surface area contributed by atoms with Gasteiger partial charge in [-0.2, -0.15) is 0 Å². The van der Waals surface area contributed by atoms with Gasteiger partial charge in [-0.3, -0.25) is 19.2 Å². The summed E-state index contributed by atoms with van der Waals surface area (Å²) in [5, 5.41) is 4.72. The minimum atomic E-state index is -0.934. The summed E-state index contributed by atoms with van der Waals surface area (Å²) in [6, 6.07) is 25.6. The Bertz CT molecular complexity index is 1770. The Morgan fingerprint density at radius 2 is 0.761 bits per heavy atom. The van der Waals surface area contributed by atoms with Crippen molar-refractivity contribution in [3.63, 3.8) is 0 Å². The summed E-state index contributed by atoms with van der Waals surface area (Å²) in [7, 11) is 0. The van der Waals surface area contributed by atoms with Crippen molar-refractivity contribution in [2.45, 2.75) is 38.0 Å². The van der Waals surface area contributed by atoms with E-state index in [0.29, 0.717) is 21.4 Å². The maximum Gasteiger partial charge on any atom is 0.253 e. The molecule has 8 rings (SSSR count). The van der Waals surface area contributed by atoms with Crippen molar-refractivity contribution in [2.24, 2.45) is 11.8 Å². The first-order valence-corrected chi connectivity index (χ1v) is 15.9. The largest absolute Gasteiger partial charge is 0.274 e. The number of hydrogen-bond acceptors (Lipinski definition) is 6. The number of amides is 4. The summed E-state index contributed by atoms with van der Waals surface area (Å²) in [6.45, 7) is 3.95. The maximum atomic E-state index is 14.5. The number of rotatable bonds is 4. The molecule has 0 radical (unpaired) electrons. The van der Waals surface area contributed by atoms with Crippen molar-refractivity contribution >= 4 is 58.2 Å². The molecule has 4 aliphatic heterocycles. The van der Waals surface area contributed by atoms with E-state index in [1.54, 1.807) is 48.5 Å². The number of anilines is 2. The van der Waals surface area contributed by atoms with Crippen LogP contribution < -0.4 is 9.80 Å². The van der Waals surface area contributed by atoms with Crippen LogP contribution in [0.1, 0.15) is 34.3 Å². The minimum absolute atomic E-state index is 0.358. The average Bonchev–Trinajstić information content (AvgIpc) is 3.71. The Hall–Kier alpha value is -4.34. The molecule has 0 unspecified atom stereocenters. The molecule has 4 fully saturated rings. The Morgan fingerprint density at radius 1 is 0.435 bits per heavy atom. The van der Waals surface area contributed by atoms with Gasteiger partial charge in [-0.25, -0.2) is 19.8 Å². The van der Waals surface area contributed by atoms with E-state index in [1.165, 1.54) is 9.80 Å². The van der Waals surface area contributed by atoms with E-state index in [9.17, 15) is 19.2 Å². The lowest BCUT2D eigenvalue weighted by molar-refractivity contribution is -0.136. The predicted molar refractivity (Wildman–Crippen MR) is 174 cm³/mol. The fourth-order valence-electron chi connectivity index (χ4n) is 7.71. The molecule has 46 heavy (non-hydrogen) atoms. The van der Waals surface area contributed by atoms with E-state index in [4.69, 9.17) is 23.2 Å². The number of aryl methyl sites for hydroxylation is 2. The average molecular weight is 652 g/mol. The van der Waals surface area contributed by atoms with E-state index in [-0.39, 0.29) is 11.8 Å². The van der Waals surface area contributed by atoms with Crippen LogP contribution in [0.25, 0.3) is 0 Å². The fourth-order valence-corrected chi connectivity index (χ4v) is 7.97. The monoisotopic (exact) mass is 650 g/mol. The zero-order chi connectivity index (χ0) is 32.0. The second kappa shape index (κ2) is 10.6. The third kappa shape index (κ3) is 4.14. The molecule has 4 heterocycles. The molecule has 0 bridgehead atoms. The number of carbonyl (C=O) groups excluding carboxylic acids is 4. The first-order chi connectivity index (χ1) is 22.2. The lowest BCUT2D eigenvalue weighted by Crippen LogP contribution is -2.50. The molecular formula is C36H28Cl2N4O4. The number of carbonyl (C=O) groups is 4. The van der Waals surface area contributed by atoms with Crippen LogP contribution >= 0.6 is 23.2 Å². The maximum absolute atomic E-state index is 14.5. The number of hydrogen-bond donors (Lipinski definition) is 0. The summed E-state index contributed by atoms with van der Waals surface area (Å²) in [5.74, 6) is -3.17. The lowest BCUT2D eigenvalue weighted by Gasteiger charge is -2.35. The highest BCUT2D eigenvalue weighted by molar-refractivity contribution is 6.31. The number of halogens is 2. The molecule has 0 aromatic heterocycles. The minimum Gasteiger partial charge on any atom is -0.274 e. The molecule has 0 spiro atoms. The van der Waals surface area contributed by atoms with E-state index in [0.717, 1.165) is 22.3 Å². The van der Waals surface area contributed by atoms with Crippen LogP contribution in [0, 0.1) is 25.7 Å². The summed E-state index contributed by atoms with van der Waals surface area (Å²) in [4.78, 5) is 60.4. The number of imide groups is 2. The molecular weight excluding hydrogens is 623 g/mol. The van der Waals surface area contributed by atoms with Gasteiger partial charge in [-0.15, -0.1) is 0 Å². The second-order valence-corrected chi connectivity index (χ2v) is 13.3. The van der Waals surface area contributed by atoms with Crippen LogP contribution in [0.15, 0.2) is 97.1 Å². The smallest absolute Gasteiger partial charge is 0.253 e. The molecule has 230 valence electrons. The van der Waals surface area contributed by atoms with Crippen LogP contribution in [0.4, 0.5) is 11.4 Å². The first-order valence-electron chi connectivity index (χ1n) is 15.1. The van der Waals surface area contributed by atoms with Crippen LogP contribution in [0.3, 0.4) is 0 Å². The molecule has 10 heteroatoms. The van der Waals surface area contributed by atoms with Gasteiger partial charge in [0.1, 0.15) is 12.1 Å². The number of fused-ring (bicyclic) bond motifs is 5. The van der Waals surface area contributed by atoms with Crippen molar-refractivity contribution in [1.29, 1.82) is 0 Å². The van der Waals surface area contributed by atoms with Crippen molar-refractivity contribution < 1.29 is 19.2 Å². The van der Waals surface area contributed by atoms with E-state index >= 15 is 0 Å². The predicted octanol–water partition coefficient (Wildman–Crippen LogP) is 6.06. The Kier molecular flexibility index (Phi) is 6.71. The first kappa shape index (κ1) is 29.1. The van der Waals surface area contributed by atoms with Crippen molar-refractivity contribution in [1.82, 2.24) is 10.0 Å². The van der Waals surface area contributed by atoms with Gasteiger partial charge in [0.15, 0.2) is 0 Å². The van der Waals surface area contributed by atoms with Crippen molar-refractivity contribution in [3.05, 3.63) is 129 Å². The van der Waals surface area contributed by atoms with Gasteiger partial charge in [0, 0.05) is 10.0 Å². The van der Waals surface area contributed by atoms with E-state index in [2.05, 4.69) is 0 Å². The van der Waals surface area contributed by atoms with Gasteiger partial charge < -0.3 is 0 Å².